The Kier molecular flexibility index (Phi) is 14.1. The summed E-state index contributed by atoms with van der Waals surface area (Å²) in [7, 11) is 4.16. The Morgan fingerprint density at radius 3 is 2.14 bits per heavy atom. The molecule has 0 spiro atoms. The first-order chi connectivity index (χ1) is 17.3. The molecule has 0 radical (unpaired) electrons. The molecule has 1 N–H and O–H groups in total. The second-order valence-corrected chi connectivity index (χ2v) is 9.18. The maximum absolute atomic E-state index is 5.03. The summed E-state index contributed by atoms with van der Waals surface area (Å²) >= 11 is 0. The fraction of sp³-hybridized carbons (Fsp3) is 0.516. The zero-order valence-corrected chi connectivity index (χ0v) is 24.7. The van der Waals surface area contributed by atoms with Crippen molar-refractivity contribution >= 4 is 11.3 Å². The molecule has 0 unspecified atom stereocenters. The summed E-state index contributed by atoms with van der Waals surface area (Å²) < 4.78 is 2.26. The van der Waals surface area contributed by atoms with Crippen molar-refractivity contribution in [1.82, 2.24) is 19.2 Å². The molecule has 0 atom stereocenters. The SMILES string of the molecule is C=CC(C)C.CC.CC.CNc1ccc2nc(-c3ccc(C)cc3C)c(CN3CCN(C)CC3)n2c1. The van der Waals surface area contributed by atoms with Gasteiger partial charge in [-0.05, 0) is 44.5 Å². The van der Waals surface area contributed by atoms with Gasteiger partial charge >= 0.3 is 0 Å². The Balaban J connectivity index is 0.000000634. The molecule has 1 saturated heterocycles. The zero-order chi connectivity index (χ0) is 27.3. The number of allylic oxidation sites excluding steroid dienone is 1. The third kappa shape index (κ3) is 8.79. The number of aromatic nitrogens is 2. The van der Waals surface area contributed by atoms with Crippen LogP contribution in [0.1, 0.15) is 58.4 Å². The van der Waals surface area contributed by atoms with Crippen LogP contribution < -0.4 is 5.32 Å². The van der Waals surface area contributed by atoms with E-state index in [0.29, 0.717) is 5.92 Å². The van der Waals surface area contributed by atoms with Crippen molar-refractivity contribution in [1.29, 1.82) is 0 Å². The largest absolute Gasteiger partial charge is 0.387 e. The lowest BCUT2D eigenvalue weighted by molar-refractivity contribution is 0.147. The van der Waals surface area contributed by atoms with Gasteiger partial charge in [-0.1, -0.05) is 71.4 Å². The van der Waals surface area contributed by atoms with Crippen LogP contribution in [0.5, 0.6) is 0 Å². The summed E-state index contributed by atoms with van der Waals surface area (Å²) in [5.74, 6) is 0.648. The number of piperazine rings is 1. The topological polar surface area (TPSA) is 35.8 Å². The normalized spacial score (nSPS) is 13.6. The third-order valence-electron chi connectivity index (χ3n) is 6.08. The summed E-state index contributed by atoms with van der Waals surface area (Å²) in [6.45, 7) is 25.5. The lowest BCUT2D eigenvalue weighted by Crippen LogP contribution is -2.44. The highest BCUT2D eigenvalue weighted by Crippen LogP contribution is 2.30. The van der Waals surface area contributed by atoms with E-state index in [4.69, 9.17) is 4.98 Å². The Labute approximate surface area is 221 Å². The molecule has 36 heavy (non-hydrogen) atoms. The molecule has 1 aliphatic rings. The summed E-state index contributed by atoms with van der Waals surface area (Å²) in [5, 5.41) is 3.25. The number of benzene rings is 1. The molecule has 3 heterocycles. The maximum Gasteiger partial charge on any atom is 0.137 e. The van der Waals surface area contributed by atoms with Crippen molar-refractivity contribution in [3.05, 3.63) is 66.0 Å². The first-order valence-corrected chi connectivity index (χ1v) is 13.6. The minimum absolute atomic E-state index is 0.648. The monoisotopic (exact) mass is 493 g/mol. The number of rotatable bonds is 5. The van der Waals surface area contributed by atoms with E-state index in [9.17, 15) is 0 Å². The number of nitrogens with zero attached hydrogens (tertiary/aromatic N) is 4. The van der Waals surface area contributed by atoms with Crippen LogP contribution in [0.25, 0.3) is 16.9 Å². The predicted molar refractivity (Wildman–Crippen MR) is 160 cm³/mol. The van der Waals surface area contributed by atoms with Gasteiger partial charge in [-0.15, -0.1) is 6.58 Å². The van der Waals surface area contributed by atoms with E-state index >= 15 is 0 Å². The number of nitrogens with one attached hydrogen (secondary N) is 1. The predicted octanol–water partition coefficient (Wildman–Crippen LogP) is 7.29. The van der Waals surface area contributed by atoms with Gasteiger partial charge < -0.3 is 14.6 Å². The van der Waals surface area contributed by atoms with Crippen LogP contribution in [-0.4, -0.2) is 59.5 Å². The van der Waals surface area contributed by atoms with E-state index in [0.717, 1.165) is 49.8 Å². The van der Waals surface area contributed by atoms with Gasteiger partial charge in [0.15, 0.2) is 0 Å². The fourth-order valence-corrected chi connectivity index (χ4v) is 3.91. The summed E-state index contributed by atoms with van der Waals surface area (Å²) in [4.78, 5) is 9.97. The van der Waals surface area contributed by atoms with Gasteiger partial charge in [-0.25, -0.2) is 4.98 Å². The standard InChI is InChI=1S/C22H29N5.C5H10.2C2H6/c1-16-5-7-19(17(2)13-16)22-20(15-26-11-9-25(4)10-12-26)27-14-18(23-3)6-8-21(27)24-22;1-4-5(2)3;2*1-2/h5-8,13-14,23H,9-12,15H2,1-4H3;4-5H,1H2,2-3H3;2*1-2H3. The van der Waals surface area contributed by atoms with Crippen molar-refractivity contribution in [3.63, 3.8) is 0 Å². The molecule has 1 fully saturated rings. The quantitative estimate of drug-likeness (QED) is 0.379. The molecule has 4 rings (SSSR count). The molecule has 0 aliphatic carbocycles. The lowest BCUT2D eigenvalue weighted by atomic mass is 10.0. The number of imidazole rings is 1. The van der Waals surface area contributed by atoms with Gasteiger partial charge in [0, 0.05) is 51.5 Å². The van der Waals surface area contributed by atoms with Crippen LogP contribution in [0, 0.1) is 19.8 Å². The molecule has 0 saturated carbocycles. The minimum atomic E-state index is 0.648. The van der Waals surface area contributed by atoms with Crippen molar-refractivity contribution in [2.24, 2.45) is 5.92 Å². The summed E-state index contributed by atoms with van der Waals surface area (Å²) in [6, 6.07) is 10.8. The molecule has 5 nitrogen and oxygen atoms in total. The first kappa shape index (κ1) is 31.4. The minimum Gasteiger partial charge on any atom is -0.387 e. The van der Waals surface area contributed by atoms with Crippen LogP contribution in [0.4, 0.5) is 5.69 Å². The van der Waals surface area contributed by atoms with Crippen LogP contribution >= 0.6 is 0 Å². The number of anilines is 1. The van der Waals surface area contributed by atoms with Crippen LogP contribution in [0.2, 0.25) is 0 Å². The number of pyridine rings is 1. The highest BCUT2D eigenvalue weighted by atomic mass is 15.3. The molecule has 1 aromatic carbocycles. The Morgan fingerprint density at radius 1 is 1.00 bits per heavy atom. The summed E-state index contributed by atoms with van der Waals surface area (Å²) in [5.41, 5.74) is 8.31. The van der Waals surface area contributed by atoms with Gasteiger partial charge in [0.2, 0.25) is 0 Å². The number of fused-ring (bicyclic) bond motifs is 1. The fourth-order valence-electron chi connectivity index (χ4n) is 3.91. The van der Waals surface area contributed by atoms with E-state index in [1.165, 1.54) is 22.4 Å². The maximum atomic E-state index is 5.03. The molecule has 2 aromatic heterocycles. The molecule has 0 amide bonds. The number of aryl methyl sites for hydroxylation is 2. The Morgan fingerprint density at radius 2 is 1.61 bits per heavy atom. The first-order valence-electron chi connectivity index (χ1n) is 13.6. The number of hydrogen-bond donors (Lipinski definition) is 1. The second kappa shape index (κ2) is 16.2. The van der Waals surface area contributed by atoms with Crippen molar-refractivity contribution in [2.75, 3.05) is 45.6 Å². The van der Waals surface area contributed by atoms with E-state index < -0.39 is 0 Å². The van der Waals surface area contributed by atoms with Gasteiger partial charge in [0.25, 0.3) is 0 Å². The van der Waals surface area contributed by atoms with Gasteiger partial charge in [0.1, 0.15) is 5.65 Å². The molecule has 200 valence electrons. The third-order valence-corrected chi connectivity index (χ3v) is 6.08. The van der Waals surface area contributed by atoms with E-state index in [1.54, 1.807) is 0 Å². The highest BCUT2D eigenvalue weighted by Gasteiger charge is 2.21. The lowest BCUT2D eigenvalue weighted by Gasteiger charge is -2.32. The zero-order valence-electron chi connectivity index (χ0n) is 24.7. The van der Waals surface area contributed by atoms with Crippen LogP contribution in [0.15, 0.2) is 49.2 Å². The van der Waals surface area contributed by atoms with Gasteiger partial charge in [-0.3, -0.25) is 4.90 Å². The number of hydrogen-bond acceptors (Lipinski definition) is 4. The Hall–Kier alpha value is -2.63. The van der Waals surface area contributed by atoms with Crippen molar-refractivity contribution in [2.45, 2.75) is 61.9 Å². The molecule has 0 bridgehead atoms. The van der Waals surface area contributed by atoms with Gasteiger partial charge in [-0.2, -0.15) is 0 Å². The van der Waals surface area contributed by atoms with Crippen LogP contribution in [-0.2, 0) is 6.54 Å². The highest BCUT2D eigenvalue weighted by molar-refractivity contribution is 5.70. The van der Waals surface area contributed by atoms with E-state index in [1.807, 2.05) is 40.8 Å². The average Bonchev–Trinajstić information content (AvgIpc) is 3.25. The Bertz CT molecular complexity index is 1040. The smallest absolute Gasteiger partial charge is 0.137 e. The van der Waals surface area contributed by atoms with Gasteiger partial charge in [0.05, 0.1) is 17.1 Å². The molecule has 3 aromatic rings. The van der Waals surface area contributed by atoms with E-state index in [-0.39, 0.29) is 0 Å². The number of likely N-dealkylation sites (N-methyl/N-ethyl adjacent to an activating group) is 1. The molecule has 1 aliphatic heterocycles. The molecular formula is C31H51N5. The van der Waals surface area contributed by atoms with Crippen molar-refractivity contribution in [3.8, 4) is 11.3 Å². The van der Waals surface area contributed by atoms with Crippen LogP contribution in [0.3, 0.4) is 0 Å². The molecule has 5 heteroatoms. The second-order valence-electron chi connectivity index (χ2n) is 9.18. The molecular weight excluding hydrogens is 442 g/mol. The van der Waals surface area contributed by atoms with E-state index in [2.05, 4.69) is 97.4 Å². The average molecular weight is 494 g/mol. The summed E-state index contributed by atoms with van der Waals surface area (Å²) in [6.07, 6.45) is 4.08. The van der Waals surface area contributed by atoms with Crippen molar-refractivity contribution < 1.29 is 0 Å².